The van der Waals surface area contributed by atoms with Crippen molar-refractivity contribution in [1.29, 1.82) is 0 Å². The van der Waals surface area contributed by atoms with Gasteiger partial charge < -0.3 is 5.73 Å². The van der Waals surface area contributed by atoms with Gasteiger partial charge in [-0.05, 0) is 12.1 Å². The topological polar surface area (TPSA) is 107 Å². The van der Waals surface area contributed by atoms with Gasteiger partial charge in [-0.1, -0.05) is 0 Å². The molecule has 1 aliphatic rings. The summed E-state index contributed by atoms with van der Waals surface area (Å²) in [6.45, 7) is 0. The van der Waals surface area contributed by atoms with Crippen molar-refractivity contribution in [2.75, 3.05) is 12.8 Å². The fraction of sp³-hybridized carbons (Fsp3) is 0.273. The smallest absolute Gasteiger partial charge is 0.273 e. The van der Waals surface area contributed by atoms with Gasteiger partial charge in [0.1, 0.15) is 0 Å². The van der Waals surface area contributed by atoms with Crippen LogP contribution in [-0.2, 0) is 9.59 Å². The summed E-state index contributed by atoms with van der Waals surface area (Å²) >= 11 is 0. The predicted octanol–water partition coefficient (Wildman–Crippen LogP) is 0.649. The van der Waals surface area contributed by atoms with Crippen LogP contribution in [0.4, 0.5) is 11.4 Å². The quantitative estimate of drug-likeness (QED) is 0.358. The molecule has 0 saturated carbocycles. The van der Waals surface area contributed by atoms with Gasteiger partial charge in [0, 0.05) is 30.8 Å². The first-order valence-electron chi connectivity index (χ1n) is 5.26. The summed E-state index contributed by atoms with van der Waals surface area (Å²) in [6, 6.07) is 4.03. The summed E-state index contributed by atoms with van der Waals surface area (Å²) in [5.41, 5.74) is 5.91. The lowest BCUT2D eigenvalue weighted by molar-refractivity contribution is -0.385. The molecule has 94 valence electrons. The Morgan fingerprint density at radius 1 is 1.44 bits per heavy atom. The zero-order valence-corrected chi connectivity index (χ0v) is 9.62. The number of amides is 2. The largest absolute Gasteiger partial charge is 0.399 e. The molecule has 7 heteroatoms. The molecule has 2 rings (SSSR count). The van der Waals surface area contributed by atoms with E-state index in [1.807, 2.05) is 0 Å². The van der Waals surface area contributed by atoms with E-state index in [-0.39, 0.29) is 23.6 Å². The van der Waals surface area contributed by atoms with E-state index in [1.54, 1.807) is 0 Å². The summed E-state index contributed by atoms with van der Waals surface area (Å²) in [4.78, 5) is 34.6. The van der Waals surface area contributed by atoms with Gasteiger partial charge in [-0.3, -0.25) is 24.6 Å². The van der Waals surface area contributed by atoms with Crippen molar-refractivity contribution in [2.45, 2.75) is 12.3 Å². The number of benzene rings is 1. The Morgan fingerprint density at radius 2 is 2.11 bits per heavy atom. The Labute approximate surface area is 102 Å². The van der Waals surface area contributed by atoms with Gasteiger partial charge in [-0.2, -0.15) is 0 Å². The molecule has 0 aromatic heterocycles. The van der Waals surface area contributed by atoms with Gasteiger partial charge in [0.25, 0.3) is 5.69 Å². The summed E-state index contributed by atoms with van der Waals surface area (Å²) < 4.78 is 0. The minimum atomic E-state index is -0.814. The molecule has 0 aliphatic carbocycles. The fourth-order valence-corrected chi connectivity index (χ4v) is 2.02. The number of nitrogens with zero attached hydrogens (tertiary/aromatic N) is 2. The van der Waals surface area contributed by atoms with Crippen molar-refractivity contribution in [3.63, 3.8) is 0 Å². The van der Waals surface area contributed by atoms with E-state index in [0.717, 1.165) is 4.90 Å². The molecule has 2 N–H and O–H groups in total. The molecule has 0 radical (unpaired) electrons. The maximum absolute atomic E-state index is 11.8. The Morgan fingerprint density at radius 3 is 2.61 bits per heavy atom. The maximum atomic E-state index is 11.8. The lowest BCUT2D eigenvalue weighted by Gasteiger charge is -2.10. The van der Waals surface area contributed by atoms with Crippen LogP contribution >= 0.6 is 0 Å². The molecular weight excluding hydrogens is 238 g/mol. The first kappa shape index (κ1) is 12.0. The molecule has 1 heterocycles. The number of imide groups is 1. The number of nitro groups is 1. The number of likely N-dealkylation sites (tertiary alicyclic amines) is 1. The van der Waals surface area contributed by atoms with Crippen molar-refractivity contribution >= 4 is 23.2 Å². The average molecular weight is 249 g/mol. The molecule has 0 bridgehead atoms. The molecule has 1 aromatic rings. The highest BCUT2D eigenvalue weighted by Crippen LogP contribution is 2.35. The Hall–Kier alpha value is -2.44. The molecule has 2 amide bonds. The lowest BCUT2D eigenvalue weighted by Crippen LogP contribution is -2.25. The minimum absolute atomic E-state index is 0.0559. The average Bonchev–Trinajstić information content (AvgIpc) is 2.56. The van der Waals surface area contributed by atoms with Crippen LogP contribution in [0.1, 0.15) is 17.9 Å². The second kappa shape index (κ2) is 4.10. The number of nitrogen functional groups attached to an aromatic ring is 1. The van der Waals surface area contributed by atoms with Crippen LogP contribution in [0.15, 0.2) is 18.2 Å². The van der Waals surface area contributed by atoms with Crippen LogP contribution in [0.25, 0.3) is 0 Å². The summed E-state index contributed by atoms with van der Waals surface area (Å²) in [7, 11) is 1.36. The maximum Gasteiger partial charge on any atom is 0.273 e. The number of nitrogens with two attached hydrogens (primary N) is 1. The second-order valence-corrected chi connectivity index (χ2v) is 4.12. The van der Waals surface area contributed by atoms with Crippen LogP contribution in [0.5, 0.6) is 0 Å². The monoisotopic (exact) mass is 249 g/mol. The third kappa shape index (κ3) is 1.79. The molecule has 1 saturated heterocycles. The third-order valence-corrected chi connectivity index (χ3v) is 3.01. The first-order chi connectivity index (χ1) is 8.41. The Kier molecular flexibility index (Phi) is 2.74. The number of carbonyl (C=O) groups excluding carboxylic acids is 2. The number of likely N-dealkylation sites (N-methyl/N-ethyl adjacent to an activating group) is 1. The van der Waals surface area contributed by atoms with Crippen molar-refractivity contribution < 1.29 is 14.5 Å². The molecule has 1 aliphatic heterocycles. The van der Waals surface area contributed by atoms with Gasteiger partial charge in [-0.25, -0.2) is 0 Å². The number of carbonyl (C=O) groups is 2. The van der Waals surface area contributed by atoms with Crippen LogP contribution in [-0.4, -0.2) is 28.7 Å². The van der Waals surface area contributed by atoms with Crippen molar-refractivity contribution in [3.8, 4) is 0 Å². The summed E-state index contributed by atoms with van der Waals surface area (Å²) in [5, 5.41) is 10.9. The molecule has 18 heavy (non-hydrogen) atoms. The van der Waals surface area contributed by atoms with E-state index in [1.165, 1.54) is 25.2 Å². The van der Waals surface area contributed by atoms with Gasteiger partial charge in [0.05, 0.1) is 10.8 Å². The van der Waals surface area contributed by atoms with Crippen molar-refractivity contribution in [2.24, 2.45) is 0 Å². The van der Waals surface area contributed by atoms with E-state index in [9.17, 15) is 19.7 Å². The van der Waals surface area contributed by atoms with E-state index < -0.39 is 16.7 Å². The molecular formula is C11H11N3O4. The van der Waals surface area contributed by atoms with Gasteiger partial charge in [-0.15, -0.1) is 0 Å². The van der Waals surface area contributed by atoms with Gasteiger partial charge in [0.15, 0.2) is 0 Å². The van der Waals surface area contributed by atoms with E-state index in [2.05, 4.69) is 0 Å². The van der Waals surface area contributed by atoms with Crippen LogP contribution in [0, 0.1) is 10.1 Å². The highest BCUT2D eigenvalue weighted by molar-refractivity contribution is 6.06. The van der Waals surface area contributed by atoms with E-state index in [4.69, 9.17) is 5.73 Å². The SMILES string of the molecule is CN1C(=O)CC(c2cc(N)ccc2[N+](=O)[O-])C1=O. The van der Waals surface area contributed by atoms with Gasteiger partial charge in [0.2, 0.25) is 11.8 Å². The van der Waals surface area contributed by atoms with Crippen LogP contribution < -0.4 is 5.73 Å². The molecule has 0 spiro atoms. The second-order valence-electron chi connectivity index (χ2n) is 4.12. The molecule has 1 aromatic carbocycles. The van der Waals surface area contributed by atoms with Crippen LogP contribution in [0.2, 0.25) is 0 Å². The first-order valence-corrected chi connectivity index (χ1v) is 5.26. The van der Waals surface area contributed by atoms with Gasteiger partial charge >= 0.3 is 0 Å². The number of rotatable bonds is 2. The molecule has 7 nitrogen and oxygen atoms in total. The van der Waals surface area contributed by atoms with Crippen LogP contribution in [0.3, 0.4) is 0 Å². The Balaban J connectivity index is 2.51. The minimum Gasteiger partial charge on any atom is -0.399 e. The van der Waals surface area contributed by atoms with E-state index >= 15 is 0 Å². The zero-order valence-electron chi connectivity index (χ0n) is 9.62. The van der Waals surface area contributed by atoms with Crippen molar-refractivity contribution in [3.05, 3.63) is 33.9 Å². The number of anilines is 1. The zero-order chi connectivity index (χ0) is 13.4. The summed E-state index contributed by atoms with van der Waals surface area (Å²) in [5.74, 6) is -1.60. The lowest BCUT2D eigenvalue weighted by atomic mass is 9.95. The summed E-state index contributed by atoms with van der Waals surface area (Å²) in [6.07, 6.45) is -0.0559. The third-order valence-electron chi connectivity index (χ3n) is 3.01. The standard InChI is InChI=1S/C11H11N3O4/c1-13-10(15)5-8(11(13)16)7-4-6(12)2-3-9(7)14(17)18/h2-4,8H,5,12H2,1H3. The molecule has 1 atom stereocenters. The number of nitro benzene ring substituents is 1. The normalized spacial score (nSPS) is 19.4. The molecule has 1 unspecified atom stereocenters. The number of hydrogen-bond donors (Lipinski definition) is 1. The van der Waals surface area contributed by atoms with E-state index in [0.29, 0.717) is 5.69 Å². The Bertz CT molecular complexity index is 555. The molecule has 1 fully saturated rings. The van der Waals surface area contributed by atoms with Crippen molar-refractivity contribution in [1.82, 2.24) is 4.90 Å². The highest BCUT2D eigenvalue weighted by Gasteiger charge is 2.40. The fourth-order valence-electron chi connectivity index (χ4n) is 2.02. The highest BCUT2D eigenvalue weighted by atomic mass is 16.6. The number of hydrogen-bond acceptors (Lipinski definition) is 5. The predicted molar refractivity (Wildman–Crippen MR) is 62.6 cm³/mol.